The van der Waals surface area contributed by atoms with Gasteiger partial charge in [0.1, 0.15) is 28.7 Å². The van der Waals surface area contributed by atoms with Crippen LogP contribution in [0.1, 0.15) is 46.7 Å². The second kappa shape index (κ2) is 8.60. The summed E-state index contributed by atoms with van der Waals surface area (Å²) in [5, 5.41) is 0. The van der Waals surface area contributed by atoms with Crippen LogP contribution >= 0.6 is 0 Å². The Kier molecular flexibility index (Phi) is 6.04. The van der Waals surface area contributed by atoms with Gasteiger partial charge in [-0.3, -0.25) is 14.8 Å². The molecule has 2 heterocycles. The minimum absolute atomic E-state index is 0.00870. The van der Waals surface area contributed by atoms with Gasteiger partial charge in [-0.25, -0.2) is 22.2 Å². The fourth-order valence-electron chi connectivity index (χ4n) is 4.24. The molecule has 2 aromatic carbocycles. The minimum Gasteiger partial charge on any atom is -0.386 e. The molecule has 10 heteroatoms. The maximum atomic E-state index is 15.0. The summed E-state index contributed by atoms with van der Waals surface area (Å²) in [6.07, 6.45) is 2.76. The van der Waals surface area contributed by atoms with Crippen LogP contribution in [0.4, 0.5) is 8.78 Å². The van der Waals surface area contributed by atoms with Crippen molar-refractivity contribution in [2.45, 2.75) is 37.5 Å². The monoisotopic (exact) mass is 498 g/mol. The maximum absolute atomic E-state index is 15.0. The van der Waals surface area contributed by atoms with Crippen LogP contribution in [0.15, 0.2) is 59.9 Å². The molecular formula is C25H24F2N4O3S. The van der Waals surface area contributed by atoms with Gasteiger partial charge in [-0.15, -0.1) is 0 Å². The van der Waals surface area contributed by atoms with Crippen LogP contribution in [0, 0.1) is 18.6 Å². The first-order valence-corrected chi connectivity index (χ1v) is 12.5. The molecule has 35 heavy (non-hydrogen) atoms. The lowest BCUT2D eigenvalue weighted by atomic mass is 9.90. The van der Waals surface area contributed by atoms with Crippen molar-refractivity contribution >= 4 is 21.5 Å². The van der Waals surface area contributed by atoms with Crippen LogP contribution in [0.3, 0.4) is 0 Å². The van der Waals surface area contributed by atoms with E-state index in [1.54, 1.807) is 6.92 Å². The van der Waals surface area contributed by atoms with Crippen molar-refractivity contribution in [1.82, 2.24) is 9.97 Å². The lowest BCUT2D eigenvalue weighted by Gasteiger charge is -2.40. The van der Waals surface area contributed by atoms with E-state index in [0.717, 1.165) is 6.07 Å². The van der Waals surface area contributed by atoms with E-state index >= 15 is 0 Å². The van der Waals surface area contributed by atoms with Gasteiger partial charge in [0, 0.05) is 18.2 Å². The Bertz CT molecular complexity index is 1460. The summed E-state index contributed by atoms with van der Waals surface area (Å²) in [7, 11) is -4.07. The highest BCUT2D eigenvalue weighted by Crippen LogP contribution is 2.43. The number of sulfone groups is 1. The number of nitrogens with two attached hydrogens (primary N) is 1. The molecule has 0 saturated carbocycles. The first kappa shape index (κ1) is 24.6. The number of carbonyl (C=O) groups is 1. The van der Waals surface area contributed by atoms with Gasteiger partial charge in [0.15, 0.2) is 20.4 Å². The standard InChI is InChI=1S/C25H24F2N4O3S/c1-15-12-30-21(13-29-15)22(32)10-16-7-8-20(27)19(9-16)24(2)14-35(33,34)25(3,23(28)31-24)17-5-4-6-18(26)11-17/h4-9,11-13H,10,14H2,1-3H3,(H2,28,31)/t24-,25-/m0/s1. The van der Waals surface area contributed by atoms with Crippen LogP contribution < -0.4 is 5.73 Å². The Morgan fingerprint density at radius 3 is 2.46 bits per heavy atom. The molecule has 0 fully saturated rings. The Morgan fingerprint density at radius 2 is 1.83 bits per heavy atom. The van der Waals surface area contributed by atoms with E-state index in [2.05, 4.69) is 15.0 Å². The van der Waals surface area contributed by atoms with Crippen LogP contribution in [0.2, 0.25) is 0 Å². The molecule has 0 radical (unpaired) electrons. The summed E-state index contributed by atoms with van der Waals surface area (Å²) < 4.78 is 54.1. The molecule has 1 aromatic heterocycles. The first-order valence-electron chi connectivity index (χ1n) is 10.8. The van der Waals surface area contributed by atoms with Gasteiger partial charge < -0.3 is 5.73 Å². The molecule has 2 atom stereocenters. The number of amidine groups is 1. The number of benzene rings is 2. The van der Waals surface area contributed by atoms with Crippen molar-refractivity contribution in [3.63, 3.8) is 0 Å². The number of nitrogens with zero attached hydrogens (tertiary/aromatic N) is 3. The Balaban J connectivity index is 1.74. The van der Waals surface area contributed by atoms with E-state index in [-0.39, 0.29) is 34.9 Å². The average Bonchev–Trinajstić information content (AvgIpc) is 2.78. The summed E-state index contributed by atoms with van der Waals surface area (Å²) in [5.41, 5.74) is 6.06. The number of hydrogen-bond donors (Lipinski definition) is 1. The number of halogens is 2. The fraction of sp³-hybridized carbons (Fsp3) is 0.280. The molecule has 0 aliphatic carbocycles. The number of aromatic nitrogens is 2. The number of aliphatic imine (C=N–C) groups is 1. The van der Waals surface area contributed by atoms with E-state index < -0.39 is 37.5 Å². The summed E-state index contributed by atoms with van der Waals surface area (Å²) in [6.45, 7) is 4.58. The smallest absolute Gasteiger partial charge is 0.187 e. The molecule has 0 bridgehead atoms. The molecule has 0 amide bonds. The third-order valence-corrected chi connectivity index (χ3v) is 9.00. The Morgan fingerprint density at radius 1 is 1.09 bits per heavy atom. The van der Waals surface area contributed by atoms with Gasteiger partial charge in [0.2, 0.25) is 0 Å². The number of hydrogen-bond acceptors (Lipinski definition) is 7. The van der Waals surface area contributed by atoms with E-state index in [4.69, 9.17) is 5.73 Å². The number of ketones is 1. The van der Waals surface area contributed by atoms with Crippen LogP contribution in [-0.4, -0.2) is 35.8 Å². The number of aryl methyl sites for hydroxylation is 1. The van der Waals surface area contributed by atoms with Crippen LogP contribution in [-0.2, 0) is 26.5 Å². The molecule has 0 spiro atoms. The van der Waals surface area contributed by atoms with Gasteiger partial charge in [-0.05, 0) is 56.2 Å². The minimum atomic E-state index is -4.07. The van der Waals surface area contributed by atoms with E-state index in [9.17, 15) is 22.0 Å². The van der Waals surface area contributed by atoms with Crippen molar-refractivity contribution in [2.75, 3.05) is 5.75 Å². The van der Waals surface area contributed by atoms with Gasteiger partial charge in [-0.2, -0.15) is 0 Å². The van der Waals surface area contributed by atoms with Crippen molar-refractivity contribution < 1.29 is 22.0 Å². The summed E-state index contributed by atoms with van der Waals surface area (Å²) in [4.78, 5) is 25.2. The van der Waals surface area contributed by atoms with Crippen molar-refractivity contribution in [3.8, 4) is 0 Å². The van der Waals surface area contributed by atoms with Gasteiger partial charge in [0.25, 0.3) is 0 Å². The van der Waals surface area contributed by atoms with E-state index in [1.807, 2.05) is 0 Å². The summed E-state index contributed by atoms with van der Waals surface area (Å²) in [6, 6.07) is 9.20. The third-order valence-electron chi connectivity index (χ3n) is 6.37. The zero-order chi connectivity index (χ0) is 25.6. The molecule has 0 unspecified atom stereocenters. The predicted octanol–water partition coefficient (Wildman–Crippen LogP) is 3.40. The highest BCUT2D eigenvalue weighted by molar-refractivity contribution is 7.93. The quantitative estimate of drug-likeness (QED) is 0.539. The van der Waals surface area contributed by atoms with Crippen molar-refractivity contribution in [2.24, 2.45) is 10.7 Å². The van der Waals surface area contributed by atoms with E-state index in [1.165, 1.54) is 62.6 Å². The molecule has 3 aromatic rings. The van der Waals surface area contributed by atoms with Gasteiger partial charge >= 0.3 is 0 Å². The van der Waals surface area contributed by atoms with Crippen LogP contribution in [0.25, 0.3) is 0 Å². The summed E-state index contributed by atoms with van der Waals surface area (Å²) in [5.74, 6) is -2.45. The highest BCUT2D eigenvalue weighted by Gasteiger charge is 2.53. The largest absolute Gasteiger partial charge is 0.386 e. The van der Waals surface area contributed by atoms with E-state index in [0.29, 0.717) is 11.3 Å². The lowest BCUT2D eigenvalue weighted by Crippen LogP contribution is -2.54. The maximum Gasteiger partial charge on any atom is 0.187 e. The number of carbonyl (C=O) groups excluding carboxylic acids is 1. The first-order chi connectivity index (χ1) is 16.4. The third kappa shape index (κ3) is 4.34. The summed E-state index contributed by atoms with van der Waals surface area (Å²) >= 11 is 0. The number of rotatable bonds is 5. The second-order valence-electron chi connectivity index (χ2n) is 9.03. The Hall–Kier alpha value is -3.53. The topological polar surface area (TPSA) is 115 Å². The average molecular weight is 499 g/mol. The van der Waals surface area contributed by atoms with Crippen LogP contribution in [0.5, 0.6) is 0 Å². The lowest BCUT2D eigenvalue weighted by molar-refractivity contribution is 0.0987. The fourth-order valence-corrected chi connectivity index (χ4v) is 6.34. The molecule has 2 N–H and O–H groups in total. The molecule has 1 aliphatic rings. The molecule has 7 nitrogen and oxygen atoms in total. The van der Waals surface area contributed by atoms with Crippen molar-refractivity contribution in [1.29, 1.82) is 0 Å². The normalized spacial score (nSPS) is 23.5. The van der Waals surface area contributed by atoms with Crippen molar-refractivity contribution in [3.05, 3.63) is 94.6 Å². The Labute approximate surface area is 202 Å². The SMILES string of the molecule is Cc1cnc(C(=O)Cc2ccc(F)c([C@]3(C)CS(=O)(=O)[C@@](C)(c4cccc(F)c4)C(N)=N3)c2)cn1. The molecular weight excluding hydrogens is 474 g/mol. The van der Waals surface area contributed by atoms with Gasteiger partial charge in [0.05, 0.1) is 17.6 Å². The molecule has 1 aliphatic heterocycles. The van der Waals surface area contributed by atoms with Gasteiger partial charge in [-0.1, -0.05) is 18.2 Å². The predicted molar refractivity (Wildman–Crippen MR) is 128 cm³/mol. The zero-order valence-corrected chi connectivity index (χ0v) is 20.2. The molecule has 0 saturated heterocycles. The number of Topliss-reactive ketones (excluding diaryl/α,β-unsaturated/α-hetero) is 1. The molecule has 182 valence electrons. The second-order valence-corrected chi connectivity index (χ2v) is 11.4. The molecule has 4 rings (SSSR count). The zero-order valence-electron chi connectivity index (χ0n) is 19.4. The highest BCUT2D eigenvalue weighted by atomic mass is 32.2.